The third-order valence-electron chi connectivity index (χ3n) is 5.33. The predicted molar refractivity (Wildman–Crippen MR) is 121 cm³/mol. The number of fused-ring (bicyclic) bond motifs is 1. The highest BCUT2D eigenvalue weighted by molar-refractivity contribution is 6.30. The van der Waals surface area contributed by atoms with Crippen LogP contribution in [0.1, 0.15) is 54.8 Å². The monoisotopic (exact) mass is 439 g/mol. The maximum Gasteiger partial charge on any atom is 0.273 e. The van der Waals surface area contributed by atoms with Gasteiger partial charge >= 0.3 is 0 Å². The zero-order valence-corrected chi connectivity index (χ0v) is 18.7. The van der Waals surface area contributed by atoms with Crippen molar-refractivity contribution in [3.63, 3.8) is 0 Å². The number of aromatic amines is 1. The average molecular weight is 440 g/mol. The number of carbonyl (C=O) groups excluding carboxylic acids is 1. The Hall–Kier alpha value is -2.99. The van der Waals surface area contributed by atoms with Crippen LogP contribution in [0.4, 0.5) is 0 Å². The Labute approximate surface area is 187 Å². The molecule has 1 aliphatic rings. The fraction of sp³-hybridized carbons (Fsp3) is 0.333. The number of ether oxygens (including phenoxy) is 2. The number of nitrogens with zero attached hydrogens (tertiary/aromatic N) is 2. The molecule has 0 spiro atoms. The second kappa shape index (κ2) is 9.02. The molecule has 0 bridgehead atoms. The van der Waals surface area contributed by atoms with Gasteiger partial charge in [-0.1, -0.05) is 36.7 Å². The lowest BCUT2D eigenvalue weighted by atomic mass is 9.95. The van der Waals surface area contributed by atoms with Gasteiger partial charge in [0, 0.05) is 22.7 Å². The van der Waals surface area contributed by atoms with Crippen LogP contribution in [0.3, 0.4) is 0 Å². The minimum absolute atomic E-state index is 0.0404. The lowest BCUT2D eigenvalue weighted by Gasteiger charge is -2.26. The van der Waals surface area contributed by atoms with Crippen LogP contribution in [0.25, 0.3) is 11.3 Å². The maximum atomic E-state index is 13.2. The zero-order valence-electron chi connectivity index (χ0n) is 17.9. The fourth-order valence-electron chi connectivity index (χ4n) is 4.08. The van der Waals surface area contributed by atoms with Gasteiger partial charge in [0.05, 0.1) is 24.9 Å². The summed E-state index contributed by atoms with van der Waals surface area (Å²) in [5.41, 5.74) is 4.05. The minimum Gasteiger partial charge on any atom is -0.490 e. The number of aromatic nitrogens is 2. The van der Waals surface area contributed by atoms with Crippen LogP contribution in [0.5, 0.6) is 11.5 Å². The van der Waals surface area contributed by atoms with Crippen LogP contribution in [0, 0.1) is 0 Å². The van der Waals surface area contributed by atoms with Crippen molar-refractivity contribution in [3.8, 4) is 22.8 Å². The third-order valence-corrected chi connectivity index (χ3v) is 5.58. The summed E-state index contributed by atoms with van der Waals surface area (Å²) in [5, 5.41) is 8.13. The quantitative estimate of drug-likeness (QED) is 0.504. The van der Waals surface area contributed by atoms with Gasteiger partial charge in [0.25, 0.3) is 5.91 Å². The second-order valence-electron chi connectivity index (χ2n) is 7.34. The molecular weight excluding hydrogens is 414 g/mol. The molecule has 6 nitrogen and oxygen atoms in total. The summed E-state index contributed by atoms with van der Waals surface area (Å²) in [7, 11) is 0. The standard InChI is InChI=1S/C24H26ClN3O3/c1-4-13-28-23(16-9-12-18(30-5-2)19(14-16)31-6-3)20-21(26-27-22(20)24(28)29)15-7-10-17(25)11-8-15/h7-12,14,23H,4-6,13H2,1-3H3,(H,26,27). The van der Waals surface area contributed by atoms with E-state index >= 15 is 0 Å². The minimum atomic E-state index is -0.262. The van der Waals surface area contributed by atoms with E-state index in [1.165, 1.54) is 0 Å². The van der Waals surface area contributed by atoms with Gasteiger partial charge in [0.2, 0.25) is 0 Å². The first kappa shape index (κ1) is 21.2. The Kier molecular flexibility index (Phi) is 6.18. The van der Waals surface area contributed by atoms with Crippen molar-refractivity contribution in [3.05, 3.63) is 64.3 Å². The highest BCUT2D eigenvalue weighted by atomic mass is 35.5. The van der Waals surface area contributed by atoms with Crippen molar-refractivity contribution < 1.29 is 14.3 Å². The summed E-state index contributed by atoms with van der Waals surface area (Å²) in [6, 6.07) is 13.1. The lowest BCUT2D eigenvalue weighted by molar-refractivity contribution is 0.0743. The number of halogens is 1. The molecule has 0 fully saturated rings. The highest BCUT2D eigenvalue weighted by Gasteiger charge is 2.42. The Bertz CT molecular complexity index is 1080. The first-order valence-corrected chi connectivity index (χ1v) is 11.0. The van der Waals surface area contributed by atoms with E-state index in [2.05, 4.69) is 17.1 Å². The molecule has 2 heterocycles. The van der Waals surface area contributed by atoms with Crippen LogP contribution in [0.2, 0.25) is 5.02 Å². The molecule has 1 aromatic heterocycles. The number of benzene rings is 2. The van der Waals surface area contributed by atoms with E-state index in [4.69, 9.17) is 21.1 Å². The molecule has 1 unspecified atom stereocenters. The number of rotatable bonds is 8. The molecule has 3 aromatic rings. The van der Waals surface area contributed by atoms with Gasteiger partial charge in [-0.05, 0) is 50.1 Å². The molecule has 2 aromatic carbocycles. The molecule has 0 saturated heterocycles. The van der Waals surface area contributed by atoms with Gasteiger partial charge in [0.1, 0.15) is 5.69 Å². The molecule has 162 valence electrons. The fourth-order valence-corrected chi connectivity index (χ4v) is 4.21. The van der Waals surface area contributed by atoms with E-state index in [0.29, 0.717) is 42.0 Å². The number of carbonyl (C=O) groups is 1. The molecule has 0 aliphatic carbocycles. The number of hydrogen-bond acceptors (Lipinski definition) is 4. The summed E-state index contributed by atoms with van der Waals surface area (Å²) in [5.74, 6) is 1.34. The van der Waals surface area contributed by atoms with Crippen LogP contribution >= 0.6 is 11.6 Å². The van der Waals surface area contributed by atoms with Crippen LogP contribution in [-0.4, -0.2) is 40.8 Å². The summed E-state index contributed by atoms with van der Waals surface area (Å²) >= 11 is 6.07. The van der Waals surface area contributed by atoms with Crippen molar-refractivity contribution in [1.29, 1.82) is 0 Å². The molecule has 0 radical (unpaired) electrons. The normalized spacial score (nSPS) is 15.3. The van der Waals surface area contributed by atoms with E-state index in [1.807, 2.05) is 61.2 Å². The van der Waals surface area contributed by atoms with Crippen molar-refractivity contribution >= 4 is 17.5 Å². The summed E-state index contributed by atoms with van der Waals surface area (Å²) in [6.07, 6.45) is 0.853. The van der Waals surface area contributed by atoms with Crippen LogP contribution in [-0.2, 0) is 0 Å². The van der Waals surface area contributed by atoms with Crippen molar-refractivity contribution in [1.82, 2.24) is 15.1 Å². The molecule has 1 amide bonds. The van der Waals surface area contributed by atoms with Gasteiger partial charge in [-0.3, -0.25) is 9.89 Å². The smallest absolute Gasteiger partial charge is 0.273 e. The van der Waals surface area contributed by atoms with Gasteiger partial charge < -0.3 is 14.4 Å². The molecule has 4 rings (SSSR count). The van der Waals surface area contributed by atoms with E-state index < -0.39 is 0 Å². The highest BCUT2D eigenvalue weighted by Crippen LogP contribution is 2.44. The first-order valence-electron chi connectivity index (χ1n) is 10.6. The largest absolute Gasteiger partial charge is 0.490 e. The molecule has 1 atom stereocenters. The molecule has 1 N–H and O–H groups in total. The average Bonchev–Trinajstić information content (AvgIpc) is 3.30. The van der Waals surface area contributed by atoms with Gasteiger partial charge in [-0.25, -0.2) is 0 Å². The van der Waals surface area contributed by atoms with Crippen molar-refractivity contribution in [2.24, 2.45) is 0 Å². The summed E-state index contributed by atoms with van der Waals surface area (Å²) in [4.78, 5) is 15.1. The number of amides is 1. The molecule has 0 saturated carbocycles. The van der Waals surface area contributed by atoms with E-state index in [0.717, 1.165) is 28.8 Å². The maximum absolute atomic E-state index is 13.2. The molecular formula is C24H26ClN3O3. The van der Waals surface area contributed by atoms with Crippen LogP contribution in [0.15, 0.2) is 42.5 Å². The Morgan fingerprint density at radius 1 is 1.03 bits per heavy atom. The first-order chi connectivity index (χ1) is 15.1. The predicted octanol–water partition coefficient (Wildman–Crippen LogP) is 5.48. The van der Waals surface area contributed by atoms with E-state index in [9.17, 15) is 4.79 Å². The van der Waals surface area contributed by atoms with Crippen molar-refractivity contribution in [2.75, 3.05) is 19.8 Å². The van der Waals surface area contributed by atoms with E-state index in [-0.39, 0.29) is 11.9 Å². The lowest BCUT2D eigenvalue weighted by Crippen LogP contribution is -2.30. The van der Waals surface area contributed by atoms with Crippen LogP contribution < -0.4 is 9.47 Å². The SMILES string of the molecule is CCCN1C(=O)c2[nH]nc(-c3ccc(Cl)cc3)c2C1c1ccc(OCC)c(OCC)c1. The molecule has 1 aliphatic heterocycles. The van der Waals surface area contributed by atoms with Gasteiger partial charge in [-0.15, -0.1) is 0 Å². The summed E-state index contributed by atoms with van der Waals surface area (Å²) < 4.78 is 11.6. The Balaban J connectivity index is 1.85. The third kappa shape index (κ3) is 3.88. The number of H-pyrrole nitrogens is 1. The number of nitrogens with one attached hydrogen (secondary N) is 1. The molecule has 31 heavy (non-hydrogen) atoms. The van der Waals surface area contributed by atoms with E-state index in [1.54, 1.807) is 0 Å². The van der Waals surface area contributed by atoms with Gasteiger partial charge in [0.15, 0.2) is 11.5 Å². The Morgan fingerprint density at radius 3 is 2.42 bits per heavy atom. The topological polar surface area (TPSA) is 67.5 Å². The summed E-state index contributed by atoms with van der Waals surface area (Å²) in [6.45, 7) is 7.67. The number of hydrogen-bond donors (Lipinski definition) is 1. The Morgan fingerprint density at radius 2 is 1.74 bits per heavy atom. The zero-order chi connectivity index (χ0) is 22.0. The second-order valence-corrected chi connectivity index (χ2v) is 7.78. The molecule has 7 heteroatoms. The van der Waals surface area contributed by atoms with Crippen molar-refractivity contribution in [2.45, 2.75) is 33.2 Å². The van der Waals surface area contributed by atoms with Gasteiger partial charge in [-0.2, -0.15) is 5.10 Å².